The Balaban J connectivity index is 1.70. The van der Waals surface area contributed by atoms with Crippen molar-refractivity contribution in [3.63, 3.8) is 0 Å². The number of hydrogen-bond acceptors (Lipinski definition) is 7. The molecular formula is C23H25NO6. The number of aromatic hydroxyl groups is 2. The Morgan fingerprint density at radius 2 is 1.80 bits per heavy atom. The molecule has 7 heteroatoms. The van der Waals surface area contributed by atoms with Crippen molar-refractivity contribution in [2.45, 2.75) is 19.3 Å². The normalized spacial score (nSPS) is 14.3. The summed E-state index contributed by atoms with van der Waals surface area (Å²) < 4.78 is 17.1. The number of rotatable bonds is 7. The average Bonchev–Trinajstić information content (AvgIpc) is 3.28. The molecule has 30 heavy (non-hydrogen) atoms. The number of phenolic OH excluding ortho intramolecular Hbond substituents is 2. The van der Waals surface area contributed by atoms with Crippen LogP contribution in [0, 0.1) is 0 Å². The number of likely N-dealkylation sites (tertiary alicyclic amines) is 1. The fourth-order valence-corrected chi connectivity index (χ4v) is 3.85. The van der Waals surface area contributed by atoms with E-state index in [0.29, 0.717) is 17.9 Å². The van der Waals surface area contributed by atoms with Gasteiger partial charge in [0.25, 0.3) is 0 Å². The van der Waals surface area contributed by atoms with E-state index in [9.17, 15) is 15.0 Å². The molecular weight excluding hydrogens is 386 g/mol. The highest BCUT2D eigenvalue weighted by molar-refractivity contribution is 5.95. The van der Waals surface area contributed by atoms with Crippen LogP contribution in [0.1, 0.15) is 19.3 Å². The molecule has 2 heterocycles. The fraction of sp³-hybridized carbons (Fsp3) is 0.348. The molecule has 3 aromatic rings. The largest absolute Gasteiger partial charge is 0.504 e. The van der Waals surface area contributed by atoms with Crippen LogP contribution in [-0.2, 0) is 0 Å². The second kappa shape index (κ2) is 8.67. The van der Waals surface area contributed by atoms with Crippen LogP contribution in [0.3, 0.4) is 0 Å². The van der Waals surface area contributed by atoms with E-state index in [-0.39, 0.29) is 22.5 Å². The molecule has 158 valence electrons. The van der Waals surface area contributed by atoms with E-state index < -0.39 is 16.9 Å². The smallest absolute Gasteiger partial charge is 0.211 e. The lowest BCUT2D eigenvalue weighted by molar-refractivity contribution is 0.243. The third-order valence-corrected chi connectivity index (χ3v) is 5.36. The van der Waals surface area contributed by atoms with Crippen LogP contribution in [0.25, 0.3) is 22.3 Å². The molecule has 1 aromatic heterocycles. The van der Waals surface area contributed by atoms with Crippen LogP contribution in [0.4, 0.5) is 0 Å². The van der Waals surface area contributed by atoms with Crippen molar-refractivity contribution in [1.29, 1.82) is 0 Å². The molecule has 1 aliphatic heterocycles. The molecule has 7 nitrogen and oxygen atoms in total. The number of fused-ring (bicyclic) bond motifs is 1. The van der Waals surface area contributed by atoms with Gasteiger partial charge in [0, 0.05) is 18.2 Å². The lowest BCUT2D eigenvalue weighted by Crippen LogP contribution is -2.22. The van der Waals surface area contributed by atoms with E-state index >= 15 is 0 Å². The molecule has 0 saturated carbocycles. The van der Waals surface area contributed by atoms with Gasteiger partial charge in [-0.3, -0.25) is 4.79 Å². The summed E-state index contributed by atoms with van der Waals surface area (Å²) in [4.78, 5) is 15.1. The Morgan fingerprint density at radius 3 is 2.50 bits per heavy atom. The van der Waals surface area contributed by atoms with E-state index in [1.165, 1.54) is 26.0 Å². The first kappa shape index (κ1) is 20.1. The predicted molar refractivity (Wildman–Crippen MR) is 114 cm³/mol. The molecule has 1 aliphatic rings. The molecule has 0 aliphatic carbocycles. The Hall–Kier alpha value is -3.19. The van der Waals surface area contributed by atoms with Gasteiger partial charge in [0.15, 0.2) is 16.8 Å². The summed E-state index contributed by atoms with van der Waals surface area (Å²) in [5, 5.41) is 20.8. The monoisotopic (exact) mass is 411 g/mol. The highest BCUT2D eigenvalue weighted by Gasteiger charge is 2.26. The van der Waals surface area contributed by atoms with Crippen LogP contribution >= 0.6 is 0 Å². The number of hydrogen-bond donors (Lipinski definition) is 2. The molecule has 4 rings (SSSR count). The van der Waals surface area contributed by atoms with Crippen LogP contribution in [-0.4, -0.2) is 48.5 Å². The van der Waals surface area contributed by atoms with Gasteiger partial charge in [-0.15, -0.1) is 0 Å². The number of methoxy groups -OCH3 is 1. The summed E-state index contributed by atoms with van der Waals surface area (Å²) in [5.74, 6) is -0.723. The third kappa shape index (κ3) is 3.80. The van der Waals surface area contributed by atoms with Gasteiger partial charge in [-0.05, 0) is 32.4 Å². The van der Waals surface area contributed by atoms with E-state index in [2.05, 4.69) is 4.90 Å². The first-order chi connectivity index (χ1) is 14.6. The van der Waals surface area contributed by atoms with Gasteiger partial charge in [-0.2, -0.15) is 0 Å². The number of benzene rings is 2. The highest BCUT2D eigenvalue weighted by Crippen LogP contribution is 2.49. The summed E-state index contributed by atoms with van der Waals surface area (Å²) in [6, 6.07) is 10.4. The molecule has 1 fully saturated rings. The van der Waals surface area contributed by atoms with Gasteiger partial charge in [0.05, 0.1) is 13.7 Å². The quantitative estimate of drug-likeness (QED) is 0.452. The maximum absolute atomic E-state index is 12.7. The lowest BCUT2D eigenvalue weighted by atomic mass is 10.1. The van der Waals surface area contributed by atoms with Crippen molar-refractivity contribution in [3.05, 3.63) is 46.6 Å². The van der Waals surface area contributed by atoms with E-state index in [4.69, 9.17) is 13.9 Å². The number of ether oxygens (including phenoxy) is 2. The van der Waals surface area contributed by atoms with Gasteiger partial charge >= 0.3 is 0 Å². The highest BCUT2D eigenvalue weighted by atomic mass is 16.5. The molecule has 0 radical (unpaired) electrons. The van der Waals surface area contributed by atoms with Crippen molar-refractivity contribution in [1.82, 2.24) is 4.90 Å². The minimum Gasteiger partial charge on any atom is -0.504 e. The lowest BCUT2D eigenvalue weighted by Gasteiger charge is -2.17. The molecule has 0 spiro atoms. The van der Waals surface area contributed by atoms with Crippen LogP contribution in [0.5, 0.6) is 23.0 Å². The minimum absolute atomic E-state index is 0.0303. The Morgan fingerprint density at radius 1 is 1.07 bits per heavy atom. The zero-order chi connectivity index (χ0) is 21.1. The van der Waals surface area contributed by atoms with E-state index in [1.807, 2.05) is 30.3 Å². The molecule has 0 unspecified atom stereocenters. The van der Waals surface area contributed by atoms with Gasteiger partial charge in [-0.25, -0.2) is 0 Å². The standard InChI is InChI=1S/C23H25NO6/c1-28-23-21-18(16(25)14-17(30-21)15-8-3-2-4-9-15)19(26)20(27)22(23)29-13-7-12-24-10-5-6-11-24/h2-4,8-9,14,26-27H,5-7,10-13H2,1H3. The van der Waals surface area contributed by atoms with Gasteiger partial charge in [0.2, 0.25) is 17.2 Å². The van der Waals surface area contributed by atoms with Crippen LogP contribution in [0.15, 0.2) is 45.6 Å². The van der Waals surface area contributed by atoms with Crippen molar-refractivity contribution >= 4 is 11.0 Å². The second-order valence-corrected chi connectivity index (χ2v) is 7.36. The Kier molecular flexibility index (Phi) is 5.81. The number of nitrogens with zero attached hydrogens (tertiary/aromatic N) is 1. The van der Waals surface area contributed by atoms with E-state index in [1.54, 1.807) is 0 Å². The molecule has 2 aromatic carbocycles. The first-order valence-electron chi connectivity index (χ1n) is 10.1. The average molecular weight is 411 g/mol. The van der Waals surface area contributed by atoms with Gasteiger partial charge in [-0.1, -0.05) is 30.3 Å². The Labute approximate surface area is 174 Å². The van der Waals surface area contributed by atoms with Gasteiger partial charge in [0.1, 0.15) is 11.1 Å². The molecule has 1 saturated heterocycles. The van der Waals surface area contributed by atoms with Gasteiger partial charge < -0.3 is 29.0 Å². The molecule has 0 bridgehead atoms. The van der Waals surface area contributed by atoms with Crippen LogP contribution < -0.4 is 14.9 Å². The molecule has 0 amide bonds. The van der Waals surface area contributed by atoms with E-state index in [0.717, 1.165) is 26.1 Å². The summed E-state index contributed by atoms with van der Waals surface area (Å²) >= 11 is 0. The molecule has 0 atom stereocenters. The zero-order valence-corrected chi connectivity index (χ0v) is 16.9. The summed E-state index contributed by atoms with van der Waals surface area (Å²) in [7, 11) is 1.40. The van der Waals surface area contributed by atoms with Crippen molar-refractivity contribution < 1.29 is 24.1 Å². The van der Waals surface area contributed by atoms with Crippen molar-refractivity contribution in [2.75, 3.05) is 33.4 Å². The SMILES string of the molecule is COc1c(OCCCN2CCCC2)c(O)c(O)c2c(=O)cc(-c3ccccc3)oc12. The summed E-state index contributed by atoms with van der Waals surface area (Å²) in [6.45, 7) is 3.42. The maximum atomic E-state index is 12.7. The maximum Gasteiger partial charge on any atom is 0.211 e. The summed E-state index contributed by atoms with van der Waals surface area (Å²) in [5.41, 5.74) is 0.259. The second-order valence-electron chi connectivity index (χ2n) is 7.36. The molecule has 2 N–H and O–H groups in total. The zero-order valence-electron chi connectivity index (χ0n) is 16.9. The third-order valence-electron chi connectivity index (χ3n) is 5.36. The minimum atomic E-state index is -0.575. The number of phenols is 2. The van der Waals surface area contributed by atoms with Crippen LogP contribution in [0.2, 0.25) is 0 Å². The Bertz CT molecular complexity index is 1090. The fourth-order valence-electron chi connectivity index (χ4n) is 3.85. The summed E-state index contributed by atoms with van der Waals surface area (Å²) in [6.07, 6.45) is 3.20. The van der Waals surface area contributed by atoms with Crippen molar-refractivity contribution in [3.8, 4) is 34.3 Å². The van der Waals surface area contributed by atoms with Crippen molar-refractivity contribution in [2.24, 2.45) is 0 Å². The topological polar surface area (TPSA) is 92.4 Å². The first-order valence-corrected chi connectivity index (χ1v) is 10.1. The predicted octanol–water partition coefficient (Wildman–Crippen LogP) is 3.74.